The highest BCUT2D eigenvalue weighted by Crippen LogP contribution is 2.34. The average Bonchev–Trinajstić information content (AvgIpc) is 2.86. The topological polar surface area (TPSA) is 38.7 Å². The van der Waals surface area contributed by atoms with Gasteiger partial charge in [0.05, 0.1) is 15.4 Å². The van der Waals surface area contributed by atoms with Crippen LogP contribution in [0.4, 0.5) is 0 Å². The number of methoxy groups -OCH3 is 1. The Bertz CT molecular complexity index is 573. The summed E-state index contributed by atoms with van der Waals surface area (Å²) in [5, 5.41) is 10.3. The van der Waals surface area contributed by atoms with Gasteiger partial charge in [0.1, 0.15) is 18.5 Å². The predicted octanol–water partition coefficient (Wildman–Crippen LogP) is 4.27. The van der Waals surface area contributed by atoms with Crippen LogP contribution in [0.1, 0.15) is 16.5 Å². The lowest BCUT2D eigenvalue weighted by Crippen LogP contribution is -2.05. The van der Waals surface area contributed by atoms with Gasteiger partial charge in [-0.05, 0) is 45.8 Å². The molecule has 0 aliphatic rings. The molecule has 0 aliphatic carbocycles. The highest BCUT2D eigenvalue weighted by molar-refractivity contribution is 9.10. The van der Waals surface area contributed by atoms with Gasteiger partial charge in [-0.3, -0.25) is 0 Å². The van der Waals surface area contributed by atoms with Crippen molar-refractivity contribution in [1.29, 1.82) is 0 Å². The lowest BCUT2D eigenvalue weighted by Gasteiger charge is -2.12. The van der Waals surface area contributed by atoms with E-state index in [9.17, 15) is 5.11 Å². The van der Waals surface area contributed by atoms with Crippen LogP contribution in [0, 0.1) is 0 Å². The monoisotopic (exact) mass is 376 g/mol. The van der Waals surface area contributed by atoms with Gasteiger partial charge in [0.25, 0.3) is 0 Å². The van der Waals surface area contributed by atoms with Crippen LogP contribution in [0.15, 0.2) is 34.8 Å². The molecule has 1 N–H and O–H groups in total. The van der Waals surface area contributed by atoms with Crippen LogP contribution in [0.25, 0.3) is 0 Å². The van der Waals surface area contributed by atoms with Crippen molar-refractivity contribution >= 4 is 38.9 Å². The molecule has 0 saturated heterocycles. The number of halogens is 2. The van der Waals surface area contributed by atoms with Gasteiger partial charge in [0.2, 0.25) is 0 Å². The lowest BCUT2D eigenvalue weighted by atomic mass is 10.1. The van der Waals surface area contributed by atoms with Gasteiger partial charge in [-0.1, -0.05) is 17.7 Å². The third kappa shape index (κ3) is 3.96. The van der Waals surface area contributed by atoms with Crippen molar-refractivity contribution in [3.63, 3.8) is 0 Å². The van der Waals surface area contributed by atoms with E-state index in [1.165, 1.54) is 11.3 Å². The second kappa shape index (κ2) is 7.43. The minimum absolute atomic E-state index is 0.484. The van der Waals surface area contributed by atoms with Crippen LogP contribution in [0.3, 0.4) is 0 Å². The maximum absolute atomic E-state index is 10.3. The maximum atomic E-state index is 10.3. The summed E-state index contributed by atoms with van der Waals surface area (Å²) in [5.41, 5.74) is 0.787. The van der Waals surface area contributed by atoms with Crippen molar-refractivity contribution in [2.45, 2.75) is 6.10 Å². The Kier molecular flexibility index (Phi) is 5.86. The largest absolute Gasteiger partial charge is 0.490 e. The number of aliphatic hydroxyl groups is 1. The summed E-state index contributed by atoms with van der Waals surface area (Å²) in [5.74, 6) is 0.724. The van der Waals surface area contributed by atoms with E-state index < -0.39 is 6.10 Å². The number of thiophene rings is 1. The van der Waals surface area contributed by atoms with Crippen LogP contribution in [-0.2, 0) is 4.74 Å². The van der Waals surface area contributed by atoms with Crippen molar-refractivity contribution in [3.05, 3.63) is 49.6 Å². The molecule has 0 aliphatic heterocycles. The van der Waals surface area contributed by atoms with E-state index >= 15 is 0 Å². The first-order chi connectivity index (χ1) is 9.61. The fourth-order valence-electron chi connectivity index (χ4n) is 1.68. The molecule has 1 aromatic carbocycles. The molecule has 108 valence electrons. The van der Waals surface area contributed by atoms with Gasteiger partial charge >= 0.3 is 0 Å². The Morgan fingerprint density at radius 3 is 2.70 bits per heavy atom. The minimum atomic E-state index is -0.683. The smallest absolute Gasteiger partial charge is 0.133 e. The fourth-order valence-corrected chi connectivity index (χ4v) is 3.26. The minimum Gasteiger partial charge on any atom is -0.490 e. The molecule has 20 heavy (non-hydrogen) atoms. The summed E-state index contributed by atoms with van der Waals surface area (Å²) in [6, 6.07) is 9.12. The number of hydrogen-bond acceptors (Lipinski definition) is 4. The standard InChI is InChI=1S/C14H14BrClO3S/c1-18-6-7-19-11-3-2-9(8-10(11)15)14(17)12-4-5-13(16)20-12/h2-5,8,14,17H,6-7H2,1H3. The molecule has 0 fully saturated rings. The highest BCUT2D eigenvalue weighted by Gasteiger charge is 2.14. The van der Waals surface area contributed by atoms with E-state index in [4.69, 9.17) is 21.1 Å². The molecule has 6 heteroatoms. The van der Waals surface area contributed by atoms with Crippen molar-refractivity contribution in [2.24, 2.45) is 0 Å². The Labute approximate surface area is 135 Å². The summed E-state index contributed by atoms with van der Waals surface area (Å²) in [7, 11) is 1.63. The number of ether oxygens (including phenoxy) is 2. The van der Waals surface area contributed by atoms with E-state index in [0.29, 0.717) is 17.6 Å². The number of hydrogen-bond donors (Lipinski definition) is 1. The van der Waals surface area contributed by atoms with Gasteiger partial charge in [-0.2, -0.15) is 0 Å². The highest BCUT2D eigenvalue weighted by atomic mass is 79.9. The summed E-state index contributed by atoms with van der Waals surface area (Å²) in [4.78, 5) is 0.815. The first-order valence-corrected chi connectivity index (χ1v) is 7.95. The van der Waals surface area contributed by atoms with Crippen molar-refractivity contribution in [2.75, 3.05) is 20.3 Å². The molecule has 3 nitrogen and oxygen atoms in total. The van der Waals surface area contributed by atoms with Crippen LogP contribution < -0.4 is 4.74 Å². The molecule has 0 bridgehead atoms. The summed E-state index contributed by atoms with van der Waals surface area (Å²) >= 11 is 10.7. The molecule has 0 saturated carbocycles. The van der Waals surface area contributed by atoms with Gasteiger partial charge in [-0.25, -0.2) is 0 Å². The Morgan fingerprint density at radius 2 is 2.10 bits per heavy atom. The van der Waals surface area contributed by atoms with Gasteiger partial charge in [0, 0.05) is 12.0 Å². The van der Waals surface area contributed by atoms with Gasteiger partial charge in [-0.15, -0.1) is 11.3 Å². The van der Waals surface area contributed by atoms with E-state index in [1.807, 2.05) is 24.3 Å². The number of benzene rings is 1. The lowest BCUT2D eigenvalue weighted by molar-refractivity contribution is 0.146. The number of aliphatic hydroxyl groups excluding tert-OH is 1. The quantitative estimate of drug-likeness (QED) is 0.764. The Balaban J connectivity index is 2.12. The molecule has 0 radical (unpaired) electrons. The third-order valence-electron chi connectivity index (χ3n) is 2.68. The zero-order valence-electron chi connectivity index (χ0n) is 10.8. The van der Waals surface area contributed by atoms with Gasteiger partial charge < -0.3 is 14.6 Å². The fraction of sp³-hybridized carbons (Fsp3) is 0.286. The van der Waals surface area contributed by atoms with Crippen LogP contribution in [-0.4, -0.2) is 25.4 Å². The summed E-state index contributed by atoms with van der Waals surface area (Å²) < 4.78 is 11.9. The Hall–Kier alpha value is -0.590. The molecule has 0 amide bonds. The molecule has 1 aromatic heterocycles. The number of rotatable bonds is 6. The van der Waals surface area contributed by atoms with E-state index in [1.54, 1.807) is 13.2 Å². The first kappa shape index (κ1) is 15.8. The maximum Gasteiger partial charge on any atom is 0.133 e. The second-order valence-electron chi connectivity index (χ2n) is 4.08. The van der Waals surface area contributed by atoms with Crippen molar-refractivity contribution in [1.82, 2.24) is 0 Å². The molecule has 2 rings (SSSR count). The molecule has 1 unspecified atom stereocenters. The normalized spacial score (nSPS) is 12.4. The predicted molar refractivity (Wildman–Crippen MR) is 84.9 cm³/mol. The second-order valence-corrected chi connectivity index (χ2v) is 6.68. The zero-order valence-corrected chi connectivity index (χ0v) is 14.0. The SMILES string of the molecule is COCCOc1ccc(C(O)c2ccc(Cl)s2)cc1Br. The summed E-state index contributed by atoms with van der Waals surface area (Å²) in [6.45, 7) is 1.02. The van der Waals surface area contributed by atoms with E-state index in [0.717, 1.165) is 20.7 Å². The van der Waals surface area contributed by atoms with E-state index in [2.05, 4.69) is 15.9 Å². The molecule has 2 aromatic rings. The Morgan fingerprint density at radius 1 is 1.30 bits per heavy atom. The van der Waals surface area contributed by atoms with Crippen LogP contribution >= 0.6 is 38.9 Å². The molecule has 1 atom stereocenters. The molecule has 0 spiro atoms. The van der Waals surface area contributed by atoms with Crippen LogP contribution in [0.5, 0.6) is 5.75 Å². The third-order valence-corrected chi connectivity index (χ3v) is 4.58. The van der Waals surface area contributed by atoms with Crippen molar-refractivity contribution < 1.29 is 14.6 Å². The average molecular weight is 378 g/mol. The first-order valence-electron chi connectivity index (χ1n) is 5.96. The van der Waals surface area contributed by atoms with Crippen LogP contribution in [0.2, 0.25) is 4.34 Å². The molecular weight excluding hydrogens is 364 g/mol. The summed E-state index contributed by atoms with van der Waals surface area (Å²) in [6.07, 6.45) is -0.683. The van der Waals surface area contributed by atoms with Gasteiger partial charge in [0.15, 0.2) is 0 Å². The van der Waals surface area contributed by atoms with Crippen molar-refractivity contribution in [3.8, 4) is 5.75 Å². The zero-order chi connectivity index (χ0) is 14.5. The molecule has 1 heterocycles. The molecular formula is C14H14BrClO3S. The van der Waals surface area contributed by atoms with E-state index in [-0.39, 0.29) is 0 Å².